The Morgan fingerprint density at radius 3 is 2.58 bits per heavy atom. The molecule has 12 heavy (non-hydrogen) atoms. The summed E-state index contributed by atoms with van der Waals surface area (Å²) in [6.45, 7) is 2.65. The Labute approximate surface area is 68.4 Å². The Balaban J connectivity index is 3.00. The van der Waals surface area contributed by atoms with E-state index in [2.05, 4.69) is 9.97 Å². The molecule has 0 saturated carbocycles. The molecule has 0 aromatic carbocycles. The first-order valence-corrected chi connectivity index (χ1v) is 3.39. The Morgan fingerprint density at radius 1 is 1.75 bits per heavy atom. The molecule has 0 saturated heterocycles. The highest BCUT2D eigenvalue weighted by Crippen LogP contribution is 2.21. The van der Waals surface area contributed by atoms with E-state index in [9.17, 15) is 9.18 Å². The standard InChI is InChI=1S/C7H9FN2O2/c1-7(2,8)4-3-9-5(10-4)6(11)12/h3H,1-2H3,(H,9,10)(H,11,12). The number of H-pyrrole nitrogens is 1. The van der Waals surface area contributed by atoms with Crippen molar-refractivity contribution in [3.05, 3.63) is 17.7 Å². The number of imidazole rings is 1. The zero-order valence-corrected chi connectivity index (χ0v) is 6.76. The van der Waals surface area contributed by atoms with Crippen LogP contribution in [0.25, 0.3) is 0 Å². The largest absolute Gasteiger partial charge is 0.475 e. The number of aromatic nitrogens is 2. The highest BCUT2D eigenvalue weighted by Gasteiger charge is 2.22. The summed E-state index contributed by atoms with van der Waals surface area (Å²) in [6, 6.07) is 0. The molecule has 4 nitrogen and oxygen atoms in total. The molecule has 0 atom stereocenters. The normalized spacial score (nSPS) is 11.6. The summed E-state index contributed by atoms with van der Waals surface area (Å²) in [7, 11) is 0. The lowest BCUT2D eigenvalue weighted by Gasteiger charge is -2.09. The van der Waals surface area contributed by atoms with Crippen LogP contribution in [0, 0.1) is 0 Å². The van der Waals surface area contributed by atoms with E-state index in [1.54, 1.807) is 0 Å². The number of rotatable bonds is 2. The number of carbonyl (C=O) groups is 1. The molecular formula is C7H9FN2O2. The number of halogens is 1. The summed E-state index contributed by atoms with van der Waals surface area (Å²) in [5.41, 5.74) is -1.42. The van der Waals surface area contributed by atoms with Crippen molar-refractivity contribution in [3.63, 3.8) is 0 Å². The van der Waals surface area contributed by atoms with E-state index < -0.39 is 11.6 Å². The summed E-state index contributed by atoms with van der Waals surface area (Å²) in [5.74, 6) is -1.43. The lowest BCUT2D eigenvalue weighted by atomic mass is 10.1. The maximum atomic E-state index is 13.1. The van der Waals surface area contributed by atoms with Crippen LogP contribution in [-0.2, 0) is 5.67 Å². The second kappa shape index (κ2) is 2.58. The van der Waals surface area contributed by atoms with Gasteiger partial charge in [-0.3, -0.25) is 0 Å². The average molecular weight is 172 g/mol. The fraction of sp³-hybridized carbons (Fsp3) is 0.429. The molecule has 0 bridgehead atoms. The van der Waals surface area contributed by atoms with Gasteiger partial charge in [0.15, 0.2) is 0 Å². The number of nitrogens with one attached hydrogen (secondary N) is 1. The van der Waals surface area contributed by atoms with Crippen LogP contribution in [0.15, 0.2) is 6.20 Å². The van der Waals surface area contributed by atoms with Gasteiger partial charge in [0.05, 0.1) is 11.9 Å². The summed E-state index contributed by atoms with van der Waals surface area (Å²) >= 11 is 0. The molecule has 2 N–H and O–H groups in total. The first-order chi connectivity index (χ1) is 5.41. The fourth-order valence-corrected chi connectivity index (χ4v) is 0.732. The lowest BCUT2D eigenvalue weighted by Crippen LogP contribution is -2.10. The van der Waals surface area contributed by atoms with Gasteiger partial charge in [-0.1, -0.05) is 0 Å². The molecule has 1 aromatic heterocycles. The SMILES string of the molecule is CC(C)(F)c1cnc(C(=O)O)[nH]1. The molecule has 0 amide bonds. The monoisotopic (exact) mass is 172 g/mol. The van der Waals surface area contributed by atoms with Crippen LogP contribution in [0.5, 0.6) is 0 Å². The van der Waals surface area contributed by atoms with E-state index >= 15 is 0 Å². The van der Waals surface area contributed by atoms with Crippen LogP contribution in [0.2, 0.25) is 0 Å². The second-order valence-electron chi connectivity index (χ2n) is 2.92. The van der Waals surface area contributed by atoms with Gasteiger partial charge in [-0.2, -0.15) is 0 Å². The topological polar surface area (TPSA) is 66.0 Å². The summed E-state index contributed by atoms with van der Waals surface area (Å²) in [5, 5.41) is 8.45. The molecule has 0 aliphatic carbocycles. The molecule has 0 aliphatic heterocycles. The van der Waals surface area contributed by atoms with E-state index in [0.29, 0.717) is 0 Å². The molecule has 1 aromatic rings. The molecule has 0 aliphatic rings. The smallest absolute Gasteiger partial charge is 0.371 e. The maximum absolute atomic E-state index is 13.1. The number of aromatic amines is 1. The van der Waals surface area contributed by atoms with Crippen LogP contribution in [0.3, 0.4) is 0 Å². The van der Waals surface area contributed by atoms with Crippen molar-refractivity contribution in [2.24, 2.45) is 0 Å². The molecule has 1 heterocycles. The van der Waals surface area contributed by atoms with Gasteiger partial charge in [-0.05, 0) is 13.8 Å². The number of aromatic carboxylic acids is 1. The highest BCUT2D eigenvalue weighted by atomic mass is 19.1. The van der Waals surface area contributed by atoms with Crippen LogP contribution >= 0.6 is 0 Å². The third-order valence-corrected chi connectivity index (χ3v) is 1.42. The van der Waals surface area contributed by atoms with Crippen LogP contribution < -0.4 is 0 Å². The molecule has 1 rings (SSSR count). The Hall–Kier alpha value is -1.39. The van der Waals surface area contributed by atoms with Crippen molar-refractivity contribution in [3.8, 4) is 0 Å². The Bertz CT molecular complexity index is 301. The van der Waals surface area contributed by atoms with E-state index in [4.69, 9.17) is 5.11 Å². The van der Waals surface area contributed by atoms with Gasteiger partial charge in [0.25, 0.3) is 0 Å². The zero-order chi connectivity index (χ0) is 9.35. The minimum atomic E-state index is -1.58. The first kappa shape index (κ1) is 8.70. The van der Waals surface area contributed by atoms with Crippen molar-refractivity contribution in [2.45, 2.75) is 19.5 Å². The van der Waals surface area contributed by atoms with E-state index in [0.717, 1.165) is 0 Å². The van der Waals surface area contributed by atoms with Gasteiger partial charge in [0, 0.05) is 0 Å². The third kappa shape index (κ3) is 1.61. The first-order valence-electron chi connectivity index (χ1n) is 3.39. The summed E-state index contributed by atoms with van der Waals surface area (Å²) < 4.78 is 13.1. The lowest BCUT2D eigenvalue weighted by molar-refractivity contribution is 0.0684. The number of alkyl halides is 1. The second-order valence-corrected chi connectivity index (χ2v) is 2.92. The Morgan fingerprint density at radius 2 is 2.33 bits per heavy atom. The number of hydrogen-bond acceptors (Lipinski definition) is 2. The van der Waals surface area contributed by atoms with Crippen molar-refractivity contribution in [1.82, 2.24) is 9.97 Å². The third-order valence-electron chi connectivity index (χ3n) is 1.42. The summed E-state index contributed by atoms with van der Waals surface area (Å²) in [6.07, 6.45) is 1.18. The zero-order valence-electron chi connectivity index (χ0n) is 6.76. The summed E-state index contributed by atoms with van der Waals surface area (Å²) in [4.78, 5) is 16.2. The molecule has 0 unspecified atom stereocenters. The van der Waals surface area contributed by atoms with Gasteiger partial charge in [-0.25, -0.2) is 14.2 Å². The van der Waals surface area contributed by atoms with Gasteiger partial charge >= 0.3 is 5.97 Å². The molecule has 5 heteroatoms. The minimum Gasteiger partial charge on any atom is -0.475 e. The van der Waals surface area contributed by atoms with Gasteiger partial charge < -0.3 is 10.1 Å². The molecule has 66 valence electrons. The highest BCUT2D eigenvalue weighted by molar-refractivity contribution is 5.83. The predicted molar refractivity (Wildman–Crippen MR) is 39.7 cm³/mol. The van der Waals surface area contributed by atoms with Gasteiger partial charge in [0.2, 0.25) is 5.82 Å². The molecule has 0 spiro atoms. The number of nitrogens with zero attached hydrogens (tertiary/aromatic N) is 1. The molecule has 0 radical (unpaired) electrons. The quantitative estimate of drug-likeness (QED) is 0.706. The minimum absolute atomic E-state index is 0.167. The van der Waals surface area contributed by atoms with E-state index in [-0.39, 0.29) is 11.5 Å². The van der Waals surface area contributed by atoms with Crippen molar-refractivity contribution < 1.29 is 14.3 Å². The molecular weight excluding hydrogens is 163 g/mol. The predicted octanol–water partition coefficient (Wildman–Crippen LogP) is 1.31. The van der Waals surface area contributed by atoms with Gasteiger partial charge in [0.1, 0.15) is 5.67 Å². The van der Waals surface area contributed by atoms with E-state index in [1.807, 2.05) is 0 Å². The van der Waals surface area contributed by atoms with Crippen LogP contribution in [0.4, 0.5) is 4.39 Å². The number of carboxylic acids is 1. The number of hydrogen-bond donors (Lipinski definition) is 2. The molecule has 0 fully saturated rings. The fourth-order valence-electron chi connectivity index (χ4n) is 0.732. The van der Waals surface area contributed by atoms with Crippen LogP contribution in [0.1, 0.15) is 30.2 Å². The van der Waals surface area contributed by atoms with Crippen molar-refractivity contribution in [2.75, 3.05) is 0 Å². The average Bonchev–Trinajstić information content (AvgIpc) is 2.30. The maximum Gasteiger partial charge on any atom is 0.371 e. The van der Waals surface area contributed by atoms with E-state index in [1.165, 1.54) is 20.0 Å². The Kier molecular flexibility index (Phi) is 1.87. The van der Waals surface area contributed by atoms with Crippen molar-refractivity contribution in [1.29, 1.82) is 0 Å². The van der Waals surface area contributed by atoms with Crippen molar-refractivity contribution >= 4 is 5.97 Å². The van der Waals surface area contributed by atoms with Gasteiger partial charge in [-0.15, -0.1) is 0 Å². The van der Waals surface area contributed by atoms with Crippen LogP contribution in [-0.4, -0.2) is 21.0 Å². The number of carboxylic acid groups (broad SMARTS) is 1.